The van der Waals surface area contributed by atoms with Gasteiger partial charge in [-0.2, -0.15) is 0 Å². The standard InChI is InChI=1S/C15H19NO6/c1-11(2)22-15(18)14(17)5-3-4-10-21-13-8-6-12(7-9-13)16(19)20/h6-9,11H,3-5,10H2,1-2H3. The van der Waals surface area contributed by atoms with E-state index in [9.17, 15) is 19.7 Å². The number of carbonyl (C=O) groups excluding carboxylic acids is 2. The summed E-state index contributed by atoms with van der Waals surface area (Å²) in [6.07, 6.45) is 0.924. The van der Waals surface area contributed by atoms with Crippen molar-refractivity contribution in [1.29, 1.82) is 0 Å². The number of nitro groups is 1. The number of rotatable bonds is 9. The van der Waals surface area contributed by atoms with Crippen LogP contribution in [0.5, 0.6) is 5.75 Å². The lowest BCUT2D eigenvalue weighted by Gasteiger charge is -2.07. The van der Waals surface area contributed by atoms with Crippen LogP contribution in [0.2, 0.25) is 0 Å². The molecule has 22 heavy (non-hydrogen) atoms. The Bertz CT molecular complexity index is 523. The Balaban J connectivity index is 2.21. The zero-order chi connectivity index (χ0) is 16.5. The zero-order valence-electron chi connectivity index (χ0n) is 12.6. The summed E-state index contributed by atoms with van der Waals surface area (Å²) in [5.41, 5.74) is 0.00149. The van der Waals surface area contributed by atoms with E-state index in [0.29, 0.717) is 25.2 Å². The number of ether oxygens (including phenoxy) is 2. The van der Waals surface area contributed by atoms with Crippen molar-refractivity contribution in [1.82, 2.24) is 0 Å². The molecule has 0 atom stereocenters. The number of hydrogen-bond donors (Lipinski definition) is 0. The van der Waals surface area contributed by atoms with E-state index in [1.165, 1.54) is 24.3 Å². The lowest BCUT2D eigenvalue weighted by molar-refractivity contribution is -0.384. The minimum atomic E-state index is -0.800. The third-order valence-electron chi connectivity index (χ3n) is 2.68. The Morgan fingerprint density at radius 2 is 1.82 bits per heavy atom. The summed E-state index contributed by atoms with van der Waals surface area (Å²) in [4.78, 5) is 32.7. The Morgan fingerprint density at radius 1 is 1.18 bits per heavy atom. The predicted molar refractivity (Wildman–Crippen MR) is 78.7 cm³/mol. The van der Waals surface area contributed by atoms with Crippen molar-refractivity contribution < 1.29 is 24.0 Å². The Labute approximate surface area is 128 Å². The number of esters is 1. The lowest BCUT2D eigenvalue weighted by atomic mass is 10.2. The number of benzene rings is 1. The summed E-state index contributed by atoms with van der Waals surface area (Å²) in [5, 5.41) is 10.5. The minimum absolute atomic E-state index is 0.00149. The molecular formula is C15H19NO6. The average Bonchev–Trinajstić information content (AvgIpc) is 2.46. The second kappa shape index (κ2) is 8.76. The topological polar surface area (TPSA) is 95.7 Å². The first-order chi connectivity index (χ1) is 10.4. The van der Waals surface area contributed by atoms with Gasteiger partial charge < -0.3 is 9.47 Å². The van der Waals surface area contributed by atoms with Crippen LogP contribution in [0.4, 0.5) is 5.69 Å². The molecule has 0 aliphatic carbocycles. The molecule has 0 saturated carbocycles. The summed E-state index contributed by atoms with van der Waals surface area (Å²) in [7, 11) is 0. The van der Waals surface area contributed by atoms with Crippen LogP contribution in [-0.4, -0.2) is 29.4 Å². The third-order valence-corrected chi connectivity index (χ3v) is 2.68. The molecular weight excluding hydrogens is 290 g/mol. The van der Waals surface area contributed by atoms with Crippen molar-refractivity contribution >= 4 is 17.4 Å². The summed E-state index contributed by atoms with van der Waals surface area (Å²) in [6.45, 7) is 3.73. The quantitative estimate of drug-likeness (QED) is 0.229. The van der Waals surface area contributed by atoms with Gasteiger partial charge in [-0.05, 0) is 38.8 Å². The highest BCUT2D eigenvalue weighted by molar-refractivity contribution is 6.33. The van der Waals surface area contributed by atoms with Crippen LogP contribution < -0.4 is 4.74 Å². The van der Waals surface area contributed by atoms with Gasteiger partial charge in [0.05, 0.1) is 17.6 Å². The van der Waals surface area contributed by atoms with Crippen molar-refractivity contribution in [3.05, 3.63) is 34.4 Å². The van der Waals surface area contributed by atoms with Gasteiger partial charge in [0, 0.05) is 18.6 Å². The van der Waals surface area contributed by atoms with Gasteiger partial charge in [-0.3, -0.25) is 14.9 Å². The largest absolute Gasteiger partial charge is 0.494 e. The van der Waals surface area contributed by atoms with Gasteiger partial charge in [0.25, 0.3) is 5.69 Å². The summed E-state index contributed by atoms with van der Waals surface area (Å²) in [6, 6.07) is 5.76. The van der Waals surface area contributed by atoms with E-state index in [1.807, 2.05) is 0 Å². The molecule has 7 nitrogen and oxygen atoms in total. The van der Waals surface area contributed by atoms with Crippen LogP contribution in [0.15, 0.2) is 24.3 Å². The number of hydrogen-bond acceptors (Lipinski definition) is 6. The summed E-state index contributed by atoms with van der Waals surface area (Å²) in [5.74, 6) is -0.813. The van der Waals surface area contributed by atoms with E-state index in [2.05, 4.69) is 0 Å². The lowest BCUT2D eigenvalue weighted by Crippen LogP contribution is -2.20. The molecule has 0 saturated heterocycles. The van der Waals surface area contributed by atoms with E-state index >= 15 is 0 Å². The highest BCUT2D eigenvalue weighted by atomic mass is 16.6. The Hall–Kier alpha value is -2.44. The predicted octanol–water partition coefficient (Wildman–Crippen LogP) is 2.66. The molecule has 1 rings (SSSR count). The Kier molecular flexibility index (Phi) is 7.01. The van der Waals surface area contributed by atoms with Crippen LogP contribution >= 0.6 is 0 Å². The smallest absolute Gasteiger partial charge is 0.374 e. The second-order valence-corrected chi connectivity index (χ2v) is 4.93. The third kappa shape index (κ3) is 6.34. The molecule has 0 bridgehead atoms. The number of non-ortho nitro benzene ring substituents is 1. The van der Waals surface area contributed by atoms with Crippen LogP contribution in [0.1, 0.15) is 33.1 Å². The second-order valence-electron chi connectivity index (χ2n) is 4.93. The van der Waals surface area contributed by atoms with Crippen molar-refractivity contribution in [2.45, 2.75) is 39.2 Å². The first-order valence-electron chi connectivity index (χ1n) is 7.01. The maximum Gasteiger partial charge on any atom is 0.374 e. The molecule has 1 aromatic rings. The van der Waals surface area contributed by atoms with Crippen molar-refractivity contribution in [2.75, 3.05) is 6.61 Å². The fraction of sp³-hybridized carbons (Fsp3) is 0.467. The van der Waals surface area contributed by atoms with Gasteiger partial charge in [-0.1, -0.05) is 0 Å². The van der Waals surface area contributed by atoms with Gasteiger partial charge >= 0.3 is 5.97 Å². The number of nitrogens with zero attached hydrogens (tertiary/aromatic N) is 1. The SMILES string of the molecule is CC(C)OC(=O)C(=O)CCCCOc1ccc([N+](=O)[O-])cc1. The fourth-order valence-corrected chi connectivity index (χ4v) is 1.62. The molecule has 7 heteroatoms. The number of nitro benzene ring substituents is 1. The molecule has 0 fully saturated rings. The van der Waals surface area contributed by atoms with Gasteiger partial charge in [0.15, 0.2) is 0 Å². The summed E-state index contributed by atoms with van der Waals surface area (Å²) < 4.78 is 10.2. The molecule has 0 amide bonds. The van der Waals surface area contributed by atoms with E-state index in [1.54, 1.807) is 13.8 Å². The number of unbranched alkanes of at least 4 members (excludes halogenated alkanes) is 1. The number of carbonyl (C=O) groups is 2. The molecule has 0 aliphatic rings. The maximum atomic E-state index is 11.4. The highest BCUT2D eigenvalue weighted by Crippen LogP contribution is 2.17. The van der Waals surface area contributed by atoms with E-state index < -0.39 is 16.7 Å². The fourth-order valence-electron chi connectivity index (χ4n) is 1.62. The molecule has 0 aliphatic heterocycles. The average molecular weight is 309 g/mol. The first kappa shape index (κ1) is 17.6. The number of ketones is 1. The van der Waals surface area contributed by atoms with Crippen LogP contribution in [0.3, 0.4) is 0 Å². The van der Waals surface area contributed by atoms with Crippen LogP contribution in [-0.2, 0) is 14.3 Å². The molecule has 0 heterocycles. The van der Waals surface area contributed by atoms with Crippen molar-refractivity contribution in [3.8, 4) is 5.75 Å². The van der Waals surface area contributed by atoms with E-state index in [0.717, 1.165) is 0 Å². The zero-order valence-corrected chi connectivity index (χ0v) is 12.6. The molecule has 0 aromatic heterocycles. The maximum absolute atomic E-state index is 11.4. The molecule has 0 spiro atoms. The molecule has 120 valence electrons. The minimum Gasteiger partial charge on any atom is -0.494 e. The molecule has 0 N–H and O–H groups in total. The monoisotopic (exact) mass is 309 g/mol. The van der Waals surface area contributed by atoms with Gasteiger partial charge in [-0.15, -0.1) is 0 Å². The van der Waals surface area contributed by atoms with Crippen LogP contribution in [0.25, 0.3) is 0 Å². The van der Waals surface area contributed by atoms with Gasteiger partial charge in [-0.25, -0.2) is 4.79 Å². The van der Waals surface area contributed by atoms with Gasteiger partial charge in [0.1, 0.15) is 5.75 Å². The summed E-state index contributed by atoms with van der Waals surface area (Å²) >= 11 is 0. The molecule has 0 unspecified atom stereocenters. The Morgan fingerprint density at radius 3 is 2.36 bits per heavy atom. The molecule has 0 radical (unpaired) electrons. The van der Waals surface area contributed by atoms with E-state index in [4.69, 9.17) is 9.47 Å². The van der Waals surface area contributed by atoms with Gasteiger partial charge in [0.2, 0.25) is 5.78 Å². The number of Topliss-reactive ketones (excluding diaryl/α,β-unsaturated/α-hetero) is 1. The highest BCUT2D eigenvalue weighted by Gasteiger charge is 2.15. The van der Waals surface area contributed by atoms with Crippen LogP contribution in [0, 0.1) is 10.1 Å². The normalized spacial score (nSPS) is 10.3. The van der Waals surface area contributed by atoms with E-state index in [-0.39, 0.29) is 18.2 Å². The first-order valence-corrected chi connectivity index (χ1v) is 7.01. The van der Waals surface area contributed by atoms with Crippen molar-refractivity contribution in [3.63, 3.8) is 0 Å². The molecule has 1 aromatic carbocycles. The van der Waals surface area contributed by atoms with Crippen molar-refractivity contribution in [2.24, 2.45) is 0 Å².